The van der Waals surface area contributed by atoms with E-state index in [1.54, 1.807) is 12.2 Å². The Morgan fingerprint density at radius 1 is 1.47 bits per heavy atom. The molecule has 1 heterocycles. The molecule has 2 aliphatic rings. The van der Waals surface area contributed by atoms with Gasteiger partial charge in [-0.3, -0.25) is 9.44 Å². The molecule has 0 radical (unpaired) electrons. The molecule has 0 amide bonds. The standard InChI is InChI=1S/C8H8N4O2S/c9-4-5-1-2-6-7(3-5)11-15(13,14)12-8(6)10/h1-3,5,11-12H,10H2. The van der Waals surface area contributed by atoms with Gasteiger partial charge in [-0.1, -0.05) is 12.2 Å². The number of hydrogen-bond donors (Lipinski definition) is 3. The van der Waals surface area contributed by atoms with Crippen LogP contribution in [0.2, 0.25) is 0 Å². The van der Waals surface area contributed by atoms with Crippen LogP contribution >= 0.6 is 0 Å². The topological polar surface area (TPSA) is 108 Å². The van der Waals surface area contributed by atoms with Crippen LogP contribution in [0.3, 0.4) is 0 Å². The summed E-state index contributed by atoms with van der Waals surface area (Å²) in [6.07, 6.45) is 4.78. The SMILES string of the molecule is N#CC1C=CC2=C(N)NS(=O)(=O)NC2=C1. The predicted octanol–water partition coefficient (Wildman–Crippen LogP) is -0.812. The maximum absolute atomic E-state index is 11.2. The highest BCUT2D eigenvalue weighted by molar-refractivity contribution is 7.87. The third-order valence-corrected chi connectivity index (χ3v) is 3.01. The van der Waals surface area contributed by atoms with Crippen molar-refractivity contribution in [3.8, 4) is 6.07 Å². The largest absolute Gasteiger partial charge is 0.384 e. The van der Waals surface area contributed by atoms with Crippen LogP contribution in [0.5, 0.6) is 0 Å². The molecular formula is C8H8N4O2S. The van der Waals surface area contributed by atoms with Gasteiger partial charge < -0.3 is 5.73 Å². The fraction of sp³-hybridized carbons (Fsp3) is 0.125. The molecule has 1 unspecified atom stereocenters. The molecule has 2 rings (SSSR count). The van der Waals surface area contributed by atoms with Gasteiger partial charge in [-0.2, -0.15) is 13.7 Å². The molecule has 0 fully saturated rings. The van der Waals surface area contributed by atoms with Gasteiger partial charge in [0, 0.05) is 5.57 Å². The monoisotopic (exact) mass is 224 g/mol. The third-order valence-electron chi connectivity index (χ3n) is 2.03. The lowest BCUT2D eigenvalue weighted by Crippen LogP contribution is -2.44. The lowest BCUT2D eigenvalue weighted by atomic mass is 9.99. The van der Waals surface area contributed by atoms with Gasteiger partial charge in [0.15, 0.2) is 0 Å². The van der Waals surface area contributed by atoms with Gasteiger partial charge in [-0.15, -0.1) is 0 Å². The van der Waals surface area contributed by atoms with E-state index in [1.807, 2.05) is 6.07 Å². The van der Waals surface area contributed by atoms with Crippen LogP contribution in [0.15, 0.2) is 35.3 Å². The normalized spacial score (nSPS) is 26.9. The first-order chi connectivity index (χ1) is 7.02. The predicted molar refractivity (Wildman–Crippen MR) is 52.7 cm³/mol. The Labute approximate surface area is 86.9 Å². The zero-order valence-electron chi connectivity index (χ0n) is 7.56. The number of nitrogens with zero attached hydrogens (tertiary/aromatic N) is 1. The summed E-state index contributed by atoms with van der Waals surface area (Å²) in [5.41, 5.74) is 6.43. The highest BCUT2D eigenvalue weighted by Gasteiger charge is 2.25. The van der Waals surface area contributed by atoms with Crippen molar-refractivity contribution < 1.29 is 8.42 Å². The number of hydrogen-bond acceptors (Lipinski definition) is 4. The van der Waals surface area contributed by atoms with E-state index < -0.39 is 16.1 Å². The summed E-state index contributed by atoms with van der Waals surface area (Å²) in [6.45, 7) is 0. The Kier molecular flexibility index (Phi) is 1.94. The molecule has 78 valence electrons. The lowest BCUT2D eigenvalue weighted by molar-refractivity contribution is 0.577. The summed E-state index contributed by atoms with van der Waals surface area (Å²) in [5.74, 6) is -0.370. The first kappa shape index (κ1) is 9.61. The number of nitrogens with two attached hydrogens (primary N) is 1. The first-order valence-electron chi connectivity index (χ1n) is 4.12. The molecule has 0 aromatic carbocycles. The minimum atomic E-state index is -3.63. The summed E-state index contributed by atoms with van der Waals surface area (Å²) in [6, 6.07) is 2.00. The number of nitriles is 1. The molecule has 4 N–H and O–H groups in total. The van der Waals surface area contributed by atoms with Crippen molar-refractivity contribution in [3.63, 3.8) is 0 Å². The number of rotatable bonds is 0. The van der Waals surface area contributed by atoms with E-state index in [-0.39, 0.29) is 5.82 Å². The van der Waals surface area contributed by atoms with E-state index in [9.17, 15) is 8.42 Å². The third kappa shape index (κ3) is 1.67. The average molecular weight is 224 g/mol. The van der Waals surface area contributed by atoms with Crippen LogP contribution in [0.25, 0.3) is 0 Å². The van der Waals surface area contributed by atoms with Gasteiger partial charge in [0.25, 0.3) is 0 Å². The van der Waals surface area contributed by atoms with Crippen LogP contribution in [-0.2, 0) is 10.2 Å². The maximum atomic E-state index is 11.2. The molecule has 0 saturated carbocycles. The Bertz CT molecular complexity index is 535. The zero-order chi connectivity index (χ0) is 11.1. The van der Waals surface area contributed by atoms with Gasteiger partial charge in [-0.25, -0.2) is 0 Å². The summed E-state index contributed by atoms with van der Waals surface area (Å²) >= 11 is 0. The van der Waals surface area contributed by atoms with E-state index in [0.29, 0.717) is 11.3 Å². The molecule has 6 nitrogen and oxygen atoms in total. The van der Waals surface area contributed by atoms with Crippen molar-refractivity contribution in [1.29, 1.82) is 5.26 Å². The molecule has 0 aromatic heterocycles. The van der Waals surface area contributed by atoms with E-state index in [2.05, 4.69) is 9.44 Å². The van der Waals surface area contributed by atoms with E-state index >= 15 is 0 Å². The smallest absolute Gasteiger partial charge is 0.322 e. The molecule has 1 aliphatic heterocycles. The quantitative estimate of drug-likeness (QED) is 0.500. The molecule has 0 saturated heterocycles. The van der Waals surface area contributed by atoms with E-state index in [4.69, 9.17) is 11.0 Å². The maximum Gasteiger partial charge on any atom is 0.322 e. The van der Waals surface area contributed by atoms with Gasteiger partial charge in [0.1, 0.15) is 5.82 Å². The zero-order valence-corrected chi connectivity index (χ0v) is 8.38. The summed E-state index contributed by atoms with van der Waals surface area (Å²) in [7, 11) is -3.63. The molecule has 1 atom stereocenters. The van der Waals surface area contributed by atoms with Crippen molar-refractivity contribution in [3.05, 3.63) is 35.3 Å². The second kappa shape index (κ2) is 3.03. The minimum absolute atomic E-state index is 0.0626. The molecule has 1 aliphatic carbocycles. The minimum Gasteiger partial charge on any atom is -0.384 e. The highest BCUT2D eigenvalue weighted by atomic mass is 32.2. The van der Waals surface area contributed by atoms with Crippen molar-refractivity contribution in [2.75, 3.05) is 0 Å². The second-order valence-corrected chi connectivity index (χ2v) is 4.54. The van der Waals surface area contributed by atoms with Crippen molar-refractivity contribution >= 4 is 10.2 Å². The highest BCUT2D eigenvalue weighted by Crippen LogP contribution is 2.23. The van der Waals surface area contributed by atoms with Gasteiger partial charge >= 0.3 is 10.2 Å². The molecule has 0 aromatic rings. The van der Waals surface area contributed by atoms with Gasteiger partial charge in [-0.05, 0) is 6.08 Å². The van der Waals surface area contributed by atoms with Crippen molar-refractivity contribution in [2.45, 2.75) is 0 Å². The van der Waals surface area contributed by atoms with Crippen LogP contribution in [0, 0.1) is 17.2 Å². The molecule has 0 spiro atoms. The molecule has 0 bridgehead atoms. The Morgan fingerprint density at radius 3 is 2.87 bits per heavy atom. The van der Waals surface area contributed by atoms with E-state index in [1.165, 1.54) is 6.08 Å². The second-order valence-electron chi connectivity index (χ2n) is 3.13. The van der Waals surface area contributed by atoms with Crippen LogP contribution in [0.4, 0.5) is 0 Å². The number of fused-ring (bicyclic) bond motifs is 1. The Balaban J connectivity index is 2.51. The summed E-state index contributed by atoms with van der Waals surface area (Å²) in [4.78, 5) is 0. The Hall–Kier alpha value is -1.94. The molecule has 15 heavy (non-hydrogen) atoms. The fourth-order valence-corrected chi connectivity index (χ4v) is 2.31. The van der Waals surface area contributed by atoms with Crippen LogP contribution < -0.4 is 15.2 Å². The Morgan fingerprint density at radius 2 is 2.20 bits per heavy atom. The van der Waals surface area contributed by atoms with E-state index in [0.717, 1.165) is 0 Å². The van der Waals surface area contributed by atoms with Crippen LogP contribution in [0.1, 0.15) is 0 Å². The lowest BCUT2D eigenvalue weighted by Gasteiger charge is -2.24. The molecular weight excluding hydrogens is 216 g/mol. The van der Waals surface area contributed by atoms with Crippen LogP contribution in [-0.4, -0.2) is 8.42 Å². The summed E-state index contributed by atoms with van der Waals surface area (Å²) in [5, 5.41) is 8.69. The first-order valence-corrected chi connectivity index (χ1v) is 5.60. The number of allylic oxidation sites excluding steroid dienone is 3. The molecule has 7 heteroatoms. The fourth-order valence-electron chi connectivity index (χ4n) is 1.39. The van der Waals surface area contributed by atoms with Gasteiger partial charge in [0.05, 0.1) is 17.7 Å². The van der Waals surface area contributed by atoms with Gasteiger partial charge in [0.2, 0.25) is 0 Å². The van der Waals surface area contributed by atoms with Crippen molar-refractivity contribution in [1.82, 2.24) is 9.44 Å². The van der Waals surface area contributed by atoms with Crippen molar-refractivity contribution in [2.24, 2.45) is 11.7 Å². The number of nitrogens with one attached hydrogen (secondary N) is 2. The summed E-state index contributed by atoms with van der Waals surface area (Å²) < 4.78 is 26.9. The average Bonchev–Trinajstić information content (AvgIpc) is 2.14.